The van der Waals surface area contributed by atoms with Crippen molar-refractivity contribution >= 4 is 22.5 Å². The Hall–Kier alpha value is -3.29. The molecule has 2 aromatic heterocycles. The van der Waals surface area contributed by atoms with Gasteiger partial charge >= 0.3 is 0 Å². The van der Waals surface area contributed by atoms with Gasteiger partial charge in [-0.3, -0.25) is 9.59 Å². The SMILES string of the molecule is Cn1cnc2cc(N3CCN(C(=O)c4ncccn4)CC3)ccc2c1=O. The summed E-state index contributed by atoms with van der Waals surface area (Å²) in [5.74, 6) is 0.0839. The van der Waals surface area contributed by atoms with Gasteiger partial charge in [-0.1, -0.05) is 0 Å². The fourth-order valence-electron chi connectivity index (χ4n) is 3.11. The number of amides is 1. The molecule has 0 atom stereocenters. The van der Waals surface area contributed by atoms with Crippen LogP contribution in [0.1, 0.15) is 10.6 Å². The monoisotopic (exact) mass is 350 g/mol. The summed E-state index contributed by atoms with van der Waals surface area (Å²) >= 11 is 0. The molecule has 1 amide bonds. The van der Waals surface area contributed by atoms with Gasteiger partial charge in [-0.2, -0.15) is 0 Å². The maximum Gasteiger partial charge on any atom is 0.291 e. The molecule has 3 aromatic rings. The fraction of sp³-hybridized carbons (Fsp3) is 0.278. The highest BCUT2D eigenvalue weighted by Gasteiger charge is 2.24. The largest absolute Gasteiger partial charge is 0.368 e. The van der Waals surface area contributed by atoms with E-state index in [1.807, 2.05) is 18.2 Å². The van der Waals surface area contributed by atoms with Gasteiger partial charge in [0, 0.05) is 51.3 Å². The predicted octanol–water partition coefficient (Wildman–Crippen LogP) is 0.686. The van der Waals surface area contributed by atoms with Gasteiger partial charge in [0.05, 0.1) is 17.2 Å². The van der Waals surface area contributed by atoms with Crippen LogP contribution in [-0.2, 0) is 7.05 Å². The summed E-state index contributed by atoms with van der Waals surface area (Å²) in [6.07, 6.45) is 4.68. The lowest BCUT2D eigenvalue weighted by Crippen LogP contribution is -2.49. The molecule has 0 unspecified atom stereocenters. The number of nitrogens with zero attached hydrogens (tertiary/aromatic N) is 6. The molecule has 3 heterocycles. The third kappa shape index (κ3) is 2.90. The highest BCUT2D eigenvalue weighted by molar-refractivity contribution is 5.90. The van der Waals surface area contributed by atoms with Crippen LogP contribution < -0.4 is 10.5 Å². The first-order valence-electron chi connectivity index (χ1n) is 8.40. The molecule has 1 saturated heterocycles. The van der Waals surface area contributed by atoms with E-state index in [4.69, 9.17) is 0 Å². The first kappa shape index (κ1) is 16.2. The topological polar surface area (TPSA) is 84.2 Å². The molecule has 4 rings (SSSR count). The highest BCUT2D eigenvalue weighted by Crippen LogP contribution is 2.20. The van der Waals surface area contributed by atoms with E-state index in [0.717, 1.165) is 5.69 Å². The van der Waals surface area contributed by atoms with Crippen molar-refractivity contribution in [1.82, 2.24) is 24.4 Å². The number of carbonyl (C=O) groups is 1. The summed E-state index contributed by atoms with van der Waals surface area (Å²) in [6.45, 7) is 2.60. The van der Waals surface area contributed by atoms with Gasteiger partial charge < -0.3 is 14.4 Å². The van der Waals surface area contributed by atoms with Gasteiger partial charge in [-0.05, 0) is 24.3 Å². The second-order valence-electron chi connectivity index (χ2n) is 6.21. The number of hydrogen-bond donors (Lipinski definition) is 0. The summed E-state index contributed by atoms with van der Waals surface area (Å²) in [4.78, 5) is 40.9. The van der Waals surface area contributed by atoms with E-state index in [2.05, 4.69) is 19.9 Å². The number of rotatable bonds is 2. The normalized spacial score (nSPS) is 14.7. The Morgan fingerprint density at radius 3 is 2.50 bits per heavy atom. The number of fused-ring (bicyclic) bond motifs is 1. The van der Waals surface area contributed by atoms with Crippen LogP contribution in [0.3, 0.4) is 0 Å². The first-order chi connectivity index (χ1) is 12.6. The Morgan fingerprint density at radius 2 is 1.77 bits per heavy atom. The molecule has 1 aliphatic heterocycles. The standard InChI is InChI=1S/C18H18N6O2/c1-22-12-21-15-11-13(3-4-14(15)17(22)25)23-7-9-24(10-8-23)18(26)16-19-5-2-6-20-16/h2-6,11-12H,7-10H2,1H3. The molecule has 132 valence electrons. The van der Waals surface area contributed by atoms with Gasteiger partial charge in [-0.15, -0.1) is 0 Å². The van der Waals surface area contributed by atoms with Crippen molar-refractivity contribution in [2.75, 3.05) is 31.1 Å². The Bertz CT molecular complexity index is 1010. The minimum atomic E-state index is -0.145. The van der Waals surface area contributed by atoms with Gasteiger partial charge in [-0.25, -0.2) is 15.0 Å². The predicted molar refractivity (Wildman–Crippen MR) is 97.1 cm³/mol. The van der Waals surface area contributed by atoms with Crippen molar-refractivity contribution in [3.05, 3.63) is 59.2 Å². The Morgan fingerprint density at radius 1 is 1.04 bits per heavy atom. The third-order valence-corrected chi connectivity index (χ3v) is 4.59. The first-order valence-corrected chi connectivity index (χ1v) is 8.40. The van der Waals surface area contributed by atoms with Crippen LogP contribution in [0.15, 0.2) is 47.8 Å². The molecule has 0 bridgehead atoms. The van der Waals surface area contributed by atoms with Crippen molar-refractivity contribution < 1.29 is 4.79 Å². The van der Waals surface area contributed by atoms with Crippen molar-refractivity contribution in [3.63, 3.8) is 0 Å². The highest BCUT2D eigenvalue weighted by atomic mass is 16.2. The molecular weight excluding hydrogens is 332 g/mol. The van der Waals surface area contributed by atoms with Crippen LogP contribution in [0.25, 0.3) is 10.9 Å². The minimum absolute atomic E-state index is 0.0557. The maximum absolute atomic E-state index is 12.4. The van der Waals surface area contributed by atoms with E-state index in [-0.39, 0.29) is 17.3 Å². The number of benzene rings is 1. The fourth-order valence-corrected chi connectivity index (χ4v) is 3.11. The number of piperazine rings is 1. The van der Waals surface area contributed by atoms with Crippen molar-refractivity contribution in [2.45, 2.75) is 0 Å². The lowest BCUT2D eigenvalue weighted by molar-refractivity contribution is 0.0734. The van der Waals surface area contributed by atoms with E-state index in [0.29, 0.717) is 37.1 Å². The zero-order valence-electron chi connectivity index (χ0n) is 14.4. The average molecular weight is 350 g/mol. The van der Waals surface area contributed by atoms with Crippen LogP contribution >= 0.6 is 0 Å². The van der Waals surface area contributed by atoms with E-state index in [1.54, 1.807) is 30.4 Å². The lowest BCUT2D eigenvalue weighted by atomic mass is 10.2. The summed E-state index contributed by atoms with van der Waals surface area (Å²) in [7, 11) is 1.69. The van der Waals surface area contributed by atoms with E-state index in [1.165, 1.54) is 10.9 Å². The molecule has 0 radical (unpaired) electrons. The van der Waals surface area contributed by atoms with Crippen molar-refractivity contribution in [1.29, 1.82) is 0 Å². The Labute approximate surface area is 149 Å². The molecule has 0 spiro atoms. The molecule has 8 nitrogen and oxygen atoms in total. The zero-order chi connectivity index (χ0) is 18.1. The molecule has 1 aromatic carbocycles. The quantitative estimate of drug-likeness (QED) is 0.676. The molecule has 8 heteroatoms. The molecule has 0 saturated carbocycles. The molecule has 0 aliphatic carbocycles. The third-order valence-electron chi connectivity index (χ3n) is 4.59. The summed E-state index contributed by atoms with van der Waals surface area (Å²) in [5, 5.41) is 0.605. The van der Waals surface area contributed by atoms with Crippen LogP contribution in [0.2, 0.25) is 0 Å². The van der Waals surface area contributed by atoms with Crippen molar-refractivity contribution in [3.8, 4) is 0 Å². The molecule has 0 N–H and O–H groups in total. The molecule has 1 fully saturated rings. The summed E-state index contributed by atoms with van der Waals surface area (Å²) in [5.41, 5.74) is 1.63. The van der Waals surface area contributed by atoms with Crippen LogP contribution in [0.4, 0.5) is 5.69 Å². The number of aromatic nitrogens is 4. The summed E-state index contributed by atoms with van der Waals surface area (Å²) < 4.78 is 1.47. The molecular formula is C18H18N6O2. The zero-order valence-corrected chi connectivity index (χ0v) is 14.4. The van der Waals surface area contributed by atoms with Crippen LogP contribution in [-0.4, -0.2) is 56.5 Å². The van der Waals surface area contributed by atoms with Gasteiger partial charge in [0.25, 0.3) is 11.5 Å². The van der Waals surface area contributed by atoms with Gasteiger partial charge in [0.1, 0.15) is 0 Å². The lowest BCUT2D eigenvalue weighted by Gasteiger charge is -2.35. The Kier molecular flexibility index (Phi) is 4.08. The van der Waals surface area contributed by atoms with Gasteiger partial charge in [0.15, 0.2) is 0 Å². The molecule has 1 aliphatic rings. The number of carbonyl (C=O) groups excluding carboxylic acids is 1. The number of aryl methyl sites for hydroxylation is 1. The summed E-state index contributed by atoms with van der Waals surface area (Å²) in [6, 6.07) is 7.36. The minimum Gasteiger partial charge on any atom is -0.368 e. The van der Waals surface area contributed by atoms with Crippen LogP contribution in [0, 0.1) is 0 Å². The van der Waals surface area contributed by atoms with Crippen LogP contribution in [0.5, 0.6) is 0 Å². The smallest absolute Gasteiger partial charge is 0.291 e. The van der Waals surface area contributed by atoms with E-state index >= 15 is 0 Å². The number of hydrogen-bond acceptors (Lipinski definition) is 6. The second kappa shape index (κ2) is 6.55. The maximum atomic E-state index is 12.4. The van der Waals surface area contributed by atoms with E-state index in [9.17, 15) is 9.59 Å². The molecule has 26 heavy (non-hydrogen) atoms. The number of anilines is 1. The van der Waals surface area contributed by atoms with E-state index < -0.39 is 0 Å². The average Bonchev–Trinajstić information content (AvgIpc) is 2.71. The second-order valence-corrected chi connectivity index (χ2v) is 6.21. The van der Waals surface area contributed by atoms with Gasteiger partial charge in [0.2, 0.25) is 5.82 Å². The van der Waals surface area contributed by atoms with Crippen molar-refractivity contribution in [2.24, 2.45) is 7.05 Å². The Balaban J connectivity index is 1.50.